The summed E-state index contributed by atoms with van der Waals surface area (Å²) in [5.74, 6) is 0.642. The van der Waals surface area contributed by atoms with Gasteiger partial charge < -0.3 is 10.2 Å². The number of nitrogens with one attached hydrogen (secondary N) is 1. The van der Waals surface area contributed by atoms with E-state index in [9.17, 15) is 14.4 Å². The van der Waals surface area contributed by atoms with Crippen molar-refractivity contribution in [2.75, 3.05) is 6.54 Å². The number of ketones is 1. The van der Waals surface area contributed by atoms with Crippen LogP contribution in [0, 0.1) is 17.3 Å². The van der Waals surface area contributed by atoms with Crippen molar-refractivity contribution >= 4 is 28.5 Å². The minimum atomic E-state index is -0.409. The van der Waals surface area contributed by atoms with E-state index in [4.69, 9.17) is 0 Å². The molecule has 0 radical (unpaired) electrons. The zero-order chi connectivity index (χ0) is 23.3. The van der Waals surface area contributed by atoms with Crippen LogP contribution < -0.4 is 5.32 Å². The minimum absolute atomic E-state index is 0.000180. The summed E-state index contributed by atoms with van der Waals surface area (Å²) in [7, 11) is 0. The quantitative estimate of drug-likeness (QED) is 0.681. The molecule has 176 valence electrons. The highest BCUT2D eigenvalue weighted by atomic mass is 16.2. The molecule has 2 aliphatic carbocycles. The fourth-order valence-electron chi connectivity index (χ4n) is 5.69. The molecule has 1 saturated heterocycles. The Hall–Kier alpha value is -2.77. The van der Waals surface area contributed by atoms with Crippen molar-refractivity contribution in [3.8, 4) is 0 Å². The molecule has 2 aromatic rings. The molecule has 33 heavy (non-hydrogen) atoms. The standard InChI is InChI=1S/C25H33N5O3/c1-15(31)23-18-6-9-26-13-21(18)29(28-23)14-22(32)30-19-10-17(19)11-20(30)24(33)27-12-16-4-7-25(2,3)8-5-16/h6,9,13,16-17,19-20H,4-5,7-8,10-12,14H2,1-3H3,(H,27,33)/t17-,19-,20+/m1/s1. The average molecular weight is 452 g/mol. The Balaban J connectivity index is 1.26. The highest BCUT2D eigenvalue weighted by Gasteiger charge is 2.56. The fourth-order valence-corrected chi connectivity index (χ4v) is 5.69. The minimum Gasteiger partial charge on any atom is -0.354 e. The Morgan fingerprint density at radius 1 is 1.18 bits per heavy atom. The molecule has 5 rings (SSSR count). The topological polar surface area (TPSA) is 97.2 Å². The third kappa shape index (κ3) is 4.27. The molecule has 0 spiro atoms. The van der Waals surface area contributed by atoms with Crippen molar-refractivity contribution in [3.63, 3.8) is 0 Å². The highest BCUT2D eigenvalue weighted by Crippen LogP contribution is 2.48. The van der Waals surface area contributed by atoms with Crippen LogP contribution in [-0.4, -0.2) is 55.9 Å². The smallest absolute Gasteiger partial charge is 0.245 e. The first kappa shape index (κ1) is 22.0. The first-order chi connectivity index (χ1) is 15.7. The second kappa shape index (κ2) is 8.22. The summed E-state index contributed by atoms with van der Waals surface area (Å²) < 4.78 is 1.55. The number of hydrogen-bond acceptors (Lipinski definition) is 5. The maximum Gasteiger partial charge on any atom is 0.245 e. The van der Waals surface area contributed by atoms with Crippen LogP contribution in [0.15, 0.2) is 18.5 Å². The molecule has 3 atom stereocenters. The number of amides is 2. The van der Waals surface area contributed by atoms with E-state index in [0.29, 0.717) is 40.4 Å². The van der Waals surface area contributed by atoms with Crippen molar-refractivity contribution in [1.82, 2.24) is 25.0 Å². The van der Waals surface area contributed by atoms with Crippen molar-refractivity contribution < 1.29 is 14.4 Å². The summed E-state index contributed by atoms with van der Waals surface area (Å²) in [6.45, 7) is 6.79. The van der Waals surface area contributed by atoms with E-state index >= 15 is 0 Å². The van der Waals surface area contributed by atoms with Gasteiger partial charge in [-0.25, -0.2) is 0 Å². The predicted molar refractivity (Wildman–Crippen MR) is 123 cm³/mol. The van der Waals surface area contributed by atoms with Gasteiger partial charge in [0, 0.05) is 31.1 Å². The number of fused-ring (bicyclic) bond motifs is 2. The molecule has 3 fully saturated rings. The zero-order valence-electron chi connectivity index (χ0n) is 19.7. The van der Waals surface area contributed by atoms with E-state index in [2.05, 4.69) is 29.2 Å². The van der Waals surface area contributed by atoms with Crippen LogP contribution in [0.4, 0.5) is 0 Å². The lowest BCUT2D eigenvalue weighted by Crippen LogP contribution is -2.49. The maximum atomic E-state index is 13.3. The summed E-state index contributed by atoms with van der Waals surface area (Å²) in [5.41, 5.74) is 1.41. The molecule has 3 aliphatic rings. The van der Waals surface area contributed by atoms with Crippen LogP contribution in [-0.2, 0) is 16.1 Å². The Morgan fingerprint density at radius 2 is 1.94 bits per heavy atom. The number of aromatic nitrogens is 3. The molecule has 0 aromatic carbocycles. The number of piperidine rings is 1. The Labute approximate surface area is 194 Å². The van der Waals surface area contributed by atoms with Crippen molar-refractivity contribution in [2.45, 2.75) is 77.9 Å². The second-order valence-corrected chi connectivity index (χ2v) is 10.9. The predicted octanol–water partition coefficient (Wildman–Crippen LogP) is 2.96. The largest absolute Gasteiger partial charge is 0.354 e. The van der Waals surface area contributed by atoms with Gasteiger partial charge in [0.25, 0.3) is 0 Å². The normalized spacial score (nSPS) is 26.3. The molecule has 1 aliphatic heterocycles. The van der Waals surface area contributed by atoms with Gasteiger partial charge in [-0.15, -0.1) is 0 Å². The average Bonchev–Trinajstić information content (AvgIpc) is 3.28. The second-order valence-electron chi connectivity index (χ2n) is 10.9. The van der Waals surface area contributed by atoms with Gasteiger partial charge in [-0.2, -0.15) is 5.10 Å². The molecule has 2 aromatic heterocycles. The van der Waals surface area contributed by atoms with Gasteiger partial charge in [0.1, 0.15) is 18.3 Å². The van der Waals surface area contributed by atoms with Crippen molar-refractivity contribution in [3.05, 3.63) is 24.2 Å². The first-order valence-electron chi connectivity index (χ1n) is 12.1. The Bertz CT molecular complexity index is 1100. The van der Waals surface area contributed by atoms with E-state index < -0.39 is 6.04 Å². The van der Waals surface area contributed by atoms with Crippen LogP contribution in [0.25, 0.3) is 10.9 Å². The van der Waals surface area contributed by atoms with Gasteiger partial charge in [0.05, 0.1) is 11.7 Å². The molecule has 3 heterocycles. The van der Waals surface area contributed by atoms with Gasteiger partial charge in [0.15, 0.2) is 5.78 Å². The lowest BCUT2D eigenvalue weighted by molar-refractivity contribution is -0.140. The molecular formula is C25H33N5O3. The Kier molecular flexibility index (Phi) is 5.49. The summed E-state index contributed by atoms with van der Waals surface area (Å²) in [6.07, 6.45) is 9.62. The number of hydrogen-bond donors (Lipinski definition) is 1. The third-order valence-electron chi connectivity index (χ3n) is 7.89. The van der Waals surface area contributed by atoms with Gasteiger partial charge >= 0.3 is 0 Å². The molecule has 0 bridgehead atoms. The SMILES string of the molecule is CC(=O)c1nn(CC(=O)N2[C@@H]3C[C@@H]3C[C@H]2C(=O)NCC2CCC(C)(C)CC2)c2cnccc12. The van der Waals surface area contributed by atoms with Gasteiger partial charge in [-0.1, -0.05) is 13.8 Å². The molecular weight excluding hydrogens is 418 g/mol. The van der Waals surface area contributed by atoms with Crippen LogP contribution in [0.3, 0.4) is 0 Å². The fraction of sp³-hybridized carbons (Fsp3) is 0.640. The lowest BCUT2D eigenvalue weighted by Gasteiger charge is -2.34. The van der Waals surface area contributed by atoms with Crippen LogP contribution in [0.1, 0.15) is 69.8 Å². The number of Topliss-reactive ketones (excluding diaryl/α,β-unsaturated/α-hetero) is 1. The van der Waals surface area contributed by atoms with E-state index in [1.165, 1.54) is 19.8 Å². The number of carbonyl (C=O) groups is 3. The van der Waals surface area contributed by atoms with Gasteiger partial charge in [-0.3, -0.25) is 24.0 Å². The summed E-state index contributed by atoms with van der Waals surface area (Å²) in [6, 6.07) is 1.49. The van der Waals surface area contributed by atoms with Gasteiger partial charge in [-0.05, 0) is 61.8 Å². The summed E-state index contributed by atoms with van der Waals surface area (Å²) >= 11 is 0. The molecule has 2 amide bonds. The van der Waals surface area contributed by atoms with Crippen LogP contribution in [0.2, 0.25) is 0 Å². The maximum absolute atomic E-state index is 13.3. The number of likely N-dealkylation sites (tertiary alicyclic amines) is 1. The number of rotatable bonds is 6. The molecule has 1 N–H and O–H groups in total. The van der Waals surface area contributed by atoms with Gasteiger partial charge in [0.2, 0.25) is 11.8 Å². The van der Waals surface area contributed by atoms with E-state index in [1.807, 2.05) is 0 Å². The summed E-state index contributed by atoms with van der Waals surface area (Å²) in [4.78, 5) is 44.3. The number of nitrogens with zero attached hydrogens (tertiary/aromatic N) is 4. The molecule has 0 unspecified atom stereocenters. The molecule has 8 heteroatoms. The number of carbonyl (C=O) groups excluding carboxylic acids is 3. The lowest BCUT2D eigenvalue weighted by atomic mass is 9.73. The van der Waals surface area contributed by atoms with Crippen LogP contribution >= 0.6 is 0 Å². The summed E-state index contributed by atoms with van der Waals surface area (Å²) in [5, 5.41) is 8.24. The zero-order valence-corrected chi connectivity index (χ0v) is 19.7. The Morgan fingerprint density at radius 3 is 2.67 bits per heavy atom. The first-order valence-corrected chi connectivity index (χ1v) is 12.1. The monoisotopic (exact) mass is 451 g/mol. The van der Waals surface area contributed by atoms with E-state index in [1.54, 1.807) is 28.0 Å². The highest BCUT2D eigenvalue weighted by molar-refractivity contribution is 6.04. The van der Waals surface area contributed by atoms with Crippen molar-refractivity contribution in [2.24, 2.45) is 17.3 Å². The van der Waals surface area contributed by atoms with Crippen LogP contribution in [0.5, 0.6) is 0 Å². The molecule has 2 saturated carbocycles. The third-order valence-corrected chi connectivity index (χ3v) is 7.89. The van der Waals surface area contributed by atoms with Crippen molar-refractivity contribution in [1.29, 1.82) is 0 Å². The van der Waals surface area contributed by atoms with E-state index in [-0.39, 0.29) is 30.2 Å². The number of pyridine rings is 1. The molecule has 8 nitrogen and oxygen atoms in total. The van der Waals surface area contributed by atoms with E-state index in [0.717, 1.165) is 25.7 Å².